The van der Waals surface area contributed by atoms with E-state index in [1.165, 1.54) is 180 Å². The zero-order valence-electron chi connectivity index (χ0n) is 55.3. The first-order chi connectivity index (χ1) is 42.3. The molecule has 1 rings (SSSR count). The van der Waals surface area contributed by atoms with Crippen LogP contribution in [0.4, 0.5) is 0 Å². The fraction of sp³-hybridized carbons (Fsp3) is 0.727. The normalized spacial score (nSPS) is 18.8. The summed E-state index contributed by atoms with van der Waals surface area (Å²) in [5.41, 5.74) is 0. The molecule has 0 radical (unpaired) electrons. The second-order valence-electron chi connectivity index (χ2n) is 24.3. The van der Waals surface area contributed by atoms with E-state index in [1.54, 1.807) is 6.08 Å². The number of carbonyl (C=O) groups excluding carboxylic acids is 1. The van der Waals surface area contributed by atoms with Gasteiger partial charge in [0, 0.05) is 6.42 Å². The number of unbranched alkanes of at least 4 members (excludes halogenated alkanes) is 33. The molecule has 1 heterocycles. The van der Waals surface area contributed by atoms with Crippen LogP contribution in [0.2, 0.25) is 0 Å². The van der Waals surface area contributed by atoms with Crippen molar-refractivity contribution in [1.82, 2.24) is 5.32 Å². The Bertz CT molecular complexity index is 1780. The van der Waals surface area contributed by atoms with Crippen molar-refractivity contribution < 1.29 is 39.8 Å². The van der Waals surface area contributed by atoms with E-state index < -0.39 is 49.5 Å². The Labute approximate surface area is 528 Å². The van der Waals surface area contributed by atoms with Crippen molar-refractivity contribution in [3.63, 3.8) is 0 Å². The molecule has 1 saturated heterocycles. The molecule has 1 amide bonds. The van der Waals surface area contributed by atoms with E-state index in [4.69, 9.17) is 9.47 Å². The summed E-state index contributed by atoms with van der Waals surface area (Å²) >= 11 is 0. The predicted molar refractivity (Wildman–Crippen MR) is 368 cm³/mol. The molecular formula is C77H133NO8. The standard InChI is InChI=1S/C77H133NO8/c1-3-5-7-9-11-13-15-17-19-21-23-25-27-29-31-33-35-36-37-39-41-43-45-47-49-51-53-55-57-59-61-63-65-67-73(81)78-70(69-85-77-76(84)75(83)74(82)72(68-79)86-77)71(80)66-64-62-60-58-56-54-52-50-48-46-44-42-40-38-34-32-30-28-26-24-22-20-18-16-14-12-10-8-6-4-2/h5,7,11,13,17,19,23,25,29,31,35-36,39,41,48,50,56,58,64,66,70-72,74-77,79-80,82-84H,3-4,6,8-10,12,14-16,18,20-22,24,26-28,30,32-34,37-38,40,42-47,49,51-55,57,59-63,65,67-69H2,1-2H3,(H,78,81)/b7-5-,13-11-,19-17-,25-23-,31-29-,36-35-,41-39-,50-48+,58-56+,66-64+. The Balaban J connectivity index is 2.18. The minimum absolute atomic E-state index is 0.196. The van der Waals surface area contributed by atoms with Crippen LogP contribution in [0.1, 0.15) is 303 Å². The third-order valence-corrected chi connectivity index (χ3v) is 16.2. The Morgan fingerprint density at radius 2 is 0.733 bits per heavy atom. The largest absolute Gasteiger partial charge is 0.394 e. The topological polar surface area (TPSA) is 149 Å². The molecule has 1 aliphatic heterocycles. The molecule has 1 fully saturated rings. The number of allylic oxidation sites excluding steroid dienone is 19. The van der Waals surface area contributed by atoms with Crippen molar-refractivity contribution in [1.29, 1.82) is 0 Å². The highest BCUT2D eigenvalue weighted by Gasteiger charge is 2.44. The summed E-state index contributed by atoms with van der Waals surface area (Å²) in [6.07, 6.45) is 90.2. The highest BCUT2D eigenvalue weighted by atomic mass is 16.7. The Kier molecular flexibility index (Phi) is 60.5. The average molecular weight is 1200 g/mol. The lowest BCUT2D eigenvalue weighted by Crippen LogP contribution is -2.60. The van der Waals surface area contributed by atoms with E-state index >= 15 is 0 Å². The van der Waals surface area contributed by atoms with E-state index in [1.807, 2.05) is 6.08 Å². The summed E-state index contributed by atoms with van der Waals surface area (Å²) in [6, 6.07) is -0.840. The zero-order valence-corrected chi connectivity index (χ0v) is 55.3. The SMILES string of the molecule is CC/C=C\C/C=C\C/C=C\C/C=C\C/C=C\C/C=C\C/C=C\CCCCCCCCCCCCCC(=O)NC(COC1OC(CO)C(O)C(O)C1O)C(O)/C=C/CC/C=C/CC/C=C/CCCCCCCCCCCCCCCCCCCCCC. The first-order valence-corrected chi connectivity index (χ1v) is 35.8. The van der Waals surface area contributed by atoms with Crippen molar-refractivity contribution in [2.24, 2.45) is 0 Å². The van der Waals surface area contributed by atoms with Gasteiger partial charge in [0.1, 0.15) is 24.4 Å². The van der Waals surface area contributed by atoms with Gasteiger partial charge in [-0.15, -0.1) is 0 Å². The molecule has 7 atom stereocenters. The lowest BCUT2D eigenvalue weighted by molar-refractivity contribution is -0.302. The number of ether oxygens (including phenoxy) is 2. The molecule has 0 aromatic carbocycles. The summed E-state index contributed by atoms with van der Waals surface area (Å²) in [5.74, 6) is -0.196. The lowest BCUT2D eigenvalue weighted by Gasteiger charge is -2.40. The number of aliphatic hydroxyl groups is 5. The Morgan fingerprint density at radius 3 is 1.12 bits per heavy atom. The fourth-order valence-corrected chi connectivity index (χ4v) is 10.7. The summed E-state index contributed by atoms with van der Waals surface area (Å²) in [4.78, 5) is 13.1. The maximum absolute atomic E-state index is 13.1. The van der Waals surface area contributed by atoms with Gasteiger partial charge in [-0.3, -0.25) is 4.79 Å². The van der Waals surface area contributed by atoms with Gasteiger partial charge >= 0.3 is 0 Å². The minimum atomic E-state index is -1.58. The number of carbonyl (C=O) groups is 1. The molecule has 1 aliphatic rings. The lowest BCUT2D eigenvalue weighted by atomic mass is 9.99. The molecule has 86 heavy (non-hydrogen) atoms. The van der Waals surface area contributed by atoms with Gasteiger partial charge in [-0.05, 0) is 103 Å². The first-order valence-electron chi connectivity index (χ1n) is 35.8. The quantitative estimate of drug-likeness (QED) is 0.0261. The van der Waals surface area contributed by atoms with Crippen molar-refractivity contribution in [2.75, 3.05) is 13.2 Å². The molecule has 0 aromatic heterocycles. The van der Waals surface area contributed by atoms with Crippen LogP contribution in [0.25, 0.3) is 0 Å². The van der Waals surface area contributed by atoms with Gasteiger partial charge < -0.3 is 40.3 Å². The van der Waals surface area contributed by atoms with Crippen LogP contribution in [0.5, 0.6) is 0 Å². The minimum Gasteiger partial charge on any atom is -0.394 e. The van der Waals surface area contributed by atoms with Crippen molar-refractivity contribution >= 4 is 5.91 Å². The van der Waals surface area contributed by atoms with Crippen LogP contribution >= 0.6 is 0 Å². The van der Waals surface area contributed by atoms with Gasteiger partial charge in [-0.1, -0.05) is 315 Å². The van der Waals surface area contributed by atoms with Crippen LogP contribution in [0.3, 0.4) is 0 Å². The number of hydrogen-bond acceptors (Lipinski definition) is 8. The van der Waals surface area contributed by atoms with Crippen molar-refractivity contribution in [3.8, 4) is 0 Å². The highest BCUT2D eigenvalue weighted by Crippen LogP contribution is 2.23. The van der Waals surface area contributed by atoms with E-state index in [2.05, 4.69) is 129 Å². The zero-order chi connectivity index (χ0) is 62.1. The first kappa shape index (κ1) is 80.6. The van der Waals surface area contributed by atoms with Gasteiger partial charge in [0.05, 0.1) is 25.4 Å². The second kappa shape index (κ2) is 64.6. The predicted octanol–water partition coefficient (Wildman–Crippen LogP) is 19.8. The van der Waals surface area contributed by atoms with E-state index in [9.17, 15) is 30.3 Å². The van der Waals surface area contributed by atoms with Gasteiger partial charge in [0.15, 0.2) is 6.29 Å². The molecule has 0 aromatic rings. The molecule has 6 N–H and O–H groups in total. The summed E-state index contributed by atoms with van der Waals surface area (Å²) in [5, 5.41) is 54.8. The van der Waals surface area contributed by atoms with E-state index in [0.717, 1.165) is 103 Å². The second-order valence-corrected chi connectivity index (χ2v) is 24.3. The molecule has 9 nitrogen and oxygen atoms in total. The van der Waals surface area contributed by atoms with Gasteiger partial charge in [0.25, 0.3) is 0 Å². The molecule has 7 unspecified atom stereocenters. The van der Waals surface area contributed by atoms with Gasteiger partial charge in [0.2, 0.25) is 5.91 Å². The third-order valence-electron chi connectivity index (χ3n) is 16.2. The smallest absolute Gasteiger partial charge is 0.220 e. The molecule has 0 bridgehead atoms. The maximum Gasteiger partial charge on any atom is 0.220 e. The number of amides is 1. The Morgan fingerprint density at radius 1 is 0.407 bits per heavy atom. The number of hydrogen-bond donors (Lipinski definition) is 6. The van der Waals surface area contributed by atoms with Crippen LogP contribution in [-0.4, -0.2) is 87.5 Å². The van der Waals surface area contributed by atoms with Crippen molar-refractivity contribution in [2.45, 2.75) is 346 Å². The molecule has 0 saturated carbocycles. The number of rotatable bonds is 61. The number of nitrogens with one attached hydrogen (secondary N) is 1. The summed E-state index contributed by atoms with van der Waals surface area (Å²) in [7, 11) is 0. The highest BCUT2D eigenvalue weighted by molar-refractivity contribution is 5.76. The molecule has 0 aliphatic carbocycles. The monoisotopic (exact) mass is 1200 g/mol. The van der Waals surface area contributed by atoms with E-state index in [0.29, 0.717) is 6.42 Å². The van der Waals surface area contributed by atoms with Gasteiger partial charge in [-0.25, -0.2) is 0 Å². The number of aliphatic hydroxyl groups excluding tert-OH is 5. The average Bonchev–Trinajstić information content (AvgIpc) is 2.60. The van der Waals surface area contributed by atoms with Gasteiger partial charge in [-0.2, -0.15) is 0 Å². The molecular weight excluding hydrogens is 1070 g/mol. The molecule has 494 valence electrons. The van der Waals surface area contributed by atoms with Crippen LogP contribution in [-0.2, 0) is 14.3 Å². The Hall–Kier alpha value is -3.41. The van der Waals surface area contributed by atoms with Crippen molar-refractivity contribution in [3.05, 3.63) is 122 Å². The van der Waals surface area contributed by atoms with Crippen LogP contribution < -0.4 is 5.32 Å². The van der Waals surface area contributed by atoms with E-state index in [-0.39, 0.29) is 12.5 Å². The molecule has 0 spiro atoms. The molecule has 9 heteroatoms. The van der Waals surface area contributed by atoms with Crippen LogP contribution in [0.15, 0.2) is 122 Å². The maximum atomic E-state index is 13.1. The fourth-order valence-electron chi connectivity index (χ4n) is 10.7. The third kappa shape index (κ3) is 52.5. The summed E-state index contributed by atoms with van der Waals surface area (Å²) < 4.78 is 11.3. The summed E-state index contributed by atoms with van der Waals surface area (Å²) in [6.45, 7) is 3.67. The van der Waals surface area contributed by atoms with Crippen LogP contribution in [0, 0.1) is 0 Å².